The molecule has 0 radical (unpaired) electrons. The summed E-state index contributed by atoms with van der Waals surface area (Å²) >= 11 is 0. The molecule has 1 saturated carbocycles. The van der Waals surface area contributed by atoms with Gasteiger partial charge in [0.2, 0.25) is 0 Å². The number of nitrogens with zero attached hydrogens (tertiary/aromatic N) is 2. The normalized spacial score (nSPS) is 16.9. The second-order valence-corrected chi connectivity index (χ2v) is 8.00. The zero-order valence-corrected chi connectivity index (χ0v) is 18.9. The monoisotopic (exact) mass is 406 g/mol. The highest BCUT2D eigenvalue weighted by Gasteiger charge is 2.36. The average molecular weight is 407 g/mol. The van der Waals surface area contributed by atoms with E-state index in [-0.39, 0.29) is 6.04 Å². The summed E-state index contributed by atoms with van der Waals surface area (Å²) in [7, 11) is 11.1. The molecule has 0 aliphatic heterocycles. The summed E-state index contributed by atoms with van der Waals surface area (Å²) < 4.78 is 16.1. The molecule has 0 saturated heterocycles. The summed E-state index contributed by atoms with van der Waals surface area (Å²) in [6.45, 7) is 2.47. The first-order chi connectivity index (χ1) is 14.0. The maximum Gasteiger partial charge on any atom is 0.191 e. The SMILES string of the molecule is CN=C(NCC(c1ccc(OC)c(OC)c1)N(C)C)NCC1(CCOC)CCC1. The van der Waals surface area contributed by atoms with Gasteiger partial charge in [-0.05, 0) is 56.5 Å². The van der Waals surface area contributed by atoms with Gasteiger partial charge in [0.1, 0.15) is 0 Å². The second kappa shape index (κ2) is 11.3. The number of benzene rings is 1. The van der Waals surface area contributed by atoms with E-state index in [2.05, 4.69) is 40.7 Å². The van der Waals surface area contributed by atoms with E-state index in [1.165, 1.54) is 19.3 Å². The Balaban J connectivity index is 1.98. The Hall–Kier alpha value is -1.99. The maximum absolute atomic E-state index is 5.47. The molecule has 164 valence electrons. The highest BCUT2D eigenvalue weighted by molar-refractivity contribution is 5.79. The lowest BCUT2D eigenvalue weighted by Crippen LogP contribution is -2.48. The smallest absolute Gasteiger partial charge is 0.191 e. The first-order valence-corrected chi connectivity index (χ1v) is 10.3. The quantitative estimate of drug-likeness (QED) is 0.435. The summed E-state index contributed by atoms with van der Waals surface area (Å²) in [6, 6.07) is 6.24. The molecular weight excluding hydrogens is 368 g/mol. The molecule has 0 bridgehead atoms. The standard InChI is InChI=1S/C22H38N4O3/c1-23-21(25-16-22(10-7-11-22)12-13-27-4)24-15-18(26(2)3)17-8-9-19(28-5)20(14-17)29-6/h8-9,14,18H,7,10-13,15-16H2,1-6H3,(H2,23,24,25). The Morgan fingerprint density at radius 1 is 1.14 bits per heavy atom. The molecule has 1 atom stereocenters. The van der Waals surface area contributed by atoms with Crippen LogP contribution in [-0.2, 0) is 4.74 Å². The summed E-state index contributed by atoms with van der Waals surface area (Å²) in [5.74, 6) is 2.31. The number of likely N-dealkylation sites (N-methyl/N-ethyl adjacent to an activating group) is 1. The fourth-order valence-electron chi connectivity index (χ4n) is 3.85. The number of hydrogen-bond acceptors (Lipinski definition) is 5. The van der Waals surface area contributed by atoms with E-state index in [0.29, 0.717) is 5.41 Å². The maximum atomic E-state index is 5.47. The Kier molecular flexibility index (Phi) is 9.04. The minimum Gasteiger partial charge on any atom is -0.493 e. The van der Waals surface area contributed by atoms with Crippen molar-refractivity contribution in [3.05, 3.63) is 23.8 Å². The van der Waals surface area contributed by atoms with Gasteiger partial charge >= 0.3 is 0 Å². The molecule has 1 aliphatic rings. The van der Waals surface area contributed by atoms with Crippen molar-refractivity contribution >= 4 is 5.96 Å². The lowest BCUT2D eigenvalue weighted by atomic mass is 9.67. The summed E-state index contributed by atoms with van der Waals surface area (Å²) in [5, 5.41) is 7.01. The van der Waals surface area contributed by atoms with Crippen molar-refractivity contribution < 1.29 is 14.2 Å². The predicted octanol–water partition coefficient (Wildman–Crippen LogP) is 2.68. The third-order valence-corrected chi connectivity index (χ3v) is 5.98. The van der Waals surface area contributed by atoms with Crippen molar-refractivity contribution in [1.29, 1.82) is 0 Å². The summed E-state index contributed by atoms with van der Waals surface area (Å²) in [6.07, 6.45) is 4.91. The van der Waals surface area contributed by atoms with E-state index >= 15 is 0 Å². The van der Waals surface area contributed by atoms with Crippen LogP contribution in [0.25, 0.3) is 0 Å². The van der Waals surface area contributed by atoms with Crippen LogP contribution in [0.5, 0.6) is 11.5 Å². The molecule has 2 N–H and O–H groups in total. The molecule has 0 spiro atoms. The van der Waals surface area contributed by atoms with E-state index < -0.39 is 0 Å². The minimum atomic E-state index is 0.166. The van der Waals surface area contributed by atoms with Gasteiger partial charge in [0, 0.05) is 33.9 Å². The van der Waals surface area contributed by atoms with E-state index in [1.54, 1.807) is 21.3 Å². The summed E-state index contributed by atoms with van der Waals surface area (Å²) in [4.78, 5) is 6.60. The van der Waals surface area contributed by atoms with Crippen molar-refractivity contribution in [1.82, 2.24) is 15.5 Å². The van der Waals surface area contributed by atoms with Crippen molar-refractivity contribution in [2.24, 2.45) is 10.4 Å². The van der Waals surface area contributed by atoms with E-state index in [9.17, 15) is 0 Å². The van der Waals surface area contributed by atoms with Gasteiger partial charge in [-0.3, -0.25) is 4.99 Å². The van der Waals surface area contributed by atoms with Gasteiger partial charge in [-0.15, -0.1) is 0 Å². The van der Waals surface area contributed by atoms with Gasteiger partial charge in [-0.2, -0.15) is 0 Å². The zero-order chi connectivity index (χ0) is 21.3. The highest BCUT2D eigenvalue weighted by atomic mass is 16.5. The van der Waals surface area contributed by atoms with Gasteiger partial charge in [0.25, 0.3) is 0 Å². The first kappa shape index (κ1) is 23.3. The predicted molar refractivity (Wildman–Crippen MR) is 118 cm³/mol. The van der Waals surface area contributed by atoms with Gasteiger partial charge < -0.3 is 29.7 Å². The minimum absolute atomic E-state index is 0.166. The molecule has 2 rings (SSSR count). The van der Waals surface area contributed by atoms with Crippen LogP contribution in [0.4, 0.5) is 0 Å². The van der Waals surface area contributed by atoms with Gasteiger partial charge in [0.05, 0.1) is 20.3 Å². The van der Waals surface area contributed by atoms with Crippen LogP contribution in [0.15, 0.2) is 23.2 Å². The van der Waals surface area contributed by atoms with Crippen molar-refractivity contribution in [2.45, 2.75) is 31.7 Å². The van der Waals surface area contributed by atoms with Crippen LogP contribution < -0.4 is 20.1 Å². The molecular formula is C22H38N4O3. The van der Waals surface area contributed by atoms with Crippen molar-refractivity contribution in [2.75, 3.05) is 62.2 Å². The Morgan fingerprint density at radius 2 is 1.86 bits per heavy atom. The lowest BCUT2D eigenvalue weighted by molar-refractivity contribution is 0.0732. The summed E-state index contributed by atoms with van der Waals surface area (Å²) in [5.41, 5.74) is 1.50. The largest absolute Gasteiger partial charge is 0.493 e. The number of nitrogens with one attached hydrogen (secondary N) is 2. The zero-order valence-electron chi connectivity index (χ0n) is 18.9. The van der Waals surface area contributed by atoms with Crippen LogP contribution in [-0.4, -0.2) is 73.0 Å². The van der Waals surface area contributed by atoms with Crippen molar-refractivity contribution in [3.63, 3.8) is 0 Å². The molecule has 29 heavy (non-hydrogen) atoms. The first-order valence-electron chi connectivity index (χ1n) is 10.3. The molecule has 0 amide bonds. The van der Waals surface area contributed by atoms with Gasteiger partial charge in [0.15, 0.2) is 17.5 Å². The molecule has 7 nitrogen and oxygen atoms in total. The number of ether oxygens (including phenoxy) is 3. The van der Waals surface area contributed by atoms with Crippen LogP contribution in [0, 0.1) is 5.41 Å². The number of methoxy groups -OCH3 is 3. The van der Waals surface area contributed by atoms with Crippen LogP contribution >= 0.6 is 0 Å². The molecule has 1 aliphatic carbocycles. The van der Waals surface area contributed by atoms with Crippen LogP contribution in [0.2, 0.25) is 0 Å². The molecule has 7 heteroatoms. The fraction of sp³-hybridized carbons (Fsp3) is 0.682. The van der Waals surface area contributed by atoms with E-state index in [0.717, 1.165) is 49.1 Å². The average Bonchev–Trinajstić information content (AvgIpc) is 2.70. The Bertz CT molecular complexity index is 659. The number of hydrogen-bond donors (Lipinski definition) is 2. The van der Waals surface area contributed by atoms with Gasteiger partial charge in [-0.1, -0.05) is 12.5 Å². The van der Waals surface area contributed by atoms with Crippen molar-refractivity contribution in [3.8, 4) is 11.5 Å². The highest BCUT2D eigenvalue weighted by Crippen LogP contribution is 2.43. The molecule has 0 aromatic heterocycles. The van der Waals surface area contributed by atoms with Gasteiger partial charge in [-0.25, -0.2) is 0 Å². The third-order valence-electron chi connectivity index (χ3n) is 5.98. The number of rotatable bonds is 11. The molecule has 1 aromatic rings. The second-order valence-electron chi connectivity index (χ2n) is 8.00. The number of guanidine groups is 1. The third kappa shape index (κ3) is 6.24. The lowest BCUT2D eigenvalue weighted by Gasteiger charge is -2.42. The molecule has 0 heterocycles. The fourth-order valence-corrected chi connectivity index (χ4v) is 3.85. The molecule has 1 fully saturated rings. The van der Waals surface area contributed by atoms with E-state index in [1.807, 2.05) is 19.2 Å². The van der Waals surface area contributed by atoms with Crippen LogP contribution in [0.3, 0.4) is 0 Å². The topological polar surface area (TPSA) is 67.4 Å². The van der Waals surface area contributed by atoms with E-state index in [4.69, 9.17) is 14.2 Å². The van der Waals surface area contributed by atoms with Crippen LogP contribution in [0.1, 0.15) is 37.3 Å². The Morgan fingerprint density at radius 3 is 2.38 bits per heavy atom. The number of aliphatic imine (C=N–C) groups is 1. The molecule has 1 unspecified atom stereocenters. The Labute approximate surface area is 175 Å². The molecule has 1 aromatic carbocycles.